The Morgan fingerprint density at radius 1 is 0.969 bits per heavy atom. The van der Waals surface area contributed by atoms with Crippen molar-refractivity contribution in [1.29, 1.82) is 0 Å². The Labute approximate surface area is 184 Å². The van der Waals surface area contributed by atoms with Crippen molar-refractivity contribution < 1.29 is 9.59 Å². The number of nitrogens with two attached hydrogens (primary N) is 1. The molecule has 3 N–H and O–H groups in total. The van der Waals surface area contributed by atoms with Gasteiger partial charge in [-0.3, -0.25) is 24.0 Å². The highest BCUT2D eigenvalue weighted by Crippen LogP contribution is 2.27. The minimum absolute atomic E-state index is 0.227. The van der Waals surface area contributed by atoms with E-state index in [1.54, 1.807) is 17.8 Å². The molecule has 1 unspecified atom stereocenters. The molecule has 1 atom stereocenters. The molecule has 4 heterocycles. The van der Waals surface area contributed by atoms with E-state index in [4.69, 9.17) is 5.73 Å². The summed E-state index contributed by atoms with van der Waals surface area (Å²) in [6, 6.07) is 9.00. The van der Waals surface area contributed by atoms with Crippen LogP contribution in [0.15, 0.2) is 41.3 Å². The first-order valence-corrected chi connectivity index (χ1v) is 10.7. The SMILES string of the molecule is Cn1c(=O)n(C2CCC(=O)NC2=O)c2ccc(N3CCN(c4ccc(N)nc4)CC3)cc21. The van der Waals surface area contributed by atoms with Crippen molar-refractivity contribution in [2.45, 2.75) is 18.9 Å². The fourth-order valence-electron chi connectivity index (χ4n) is 4.59. The van der Waals surface area contributed by atoms with Gasteiger partial charge in [0.2, 0.25) is 11.8 Å². The summed E-state index contributed by atoms with van der Waals surface area (Å²) in [6.07, 6.45) is 2.35. The monoisotopic (exact) mass is 435 g/mol. The Morgan fingerprint density at radius 2 is 1.66 bits per heavy atom. The molecule has 2 saturated heterocycles. The maximum atomic E-state index is 13.0. The number of amides is 2. The van der Waals surface area contributed by atoms with E-state index in [-0.39, 0.29) is 18.0 Å². The van der Waals surface area contributed by atoms with E-state index < -0.39 is 11.9 Å². The van der Waals surface area contributed by atoms with Crippen LogP contribution in [0.5, 0.6) is 0 Å². The van der Waals surface area contributed by atoms with Crippen LogP contribution in [0.1, 0.15) is 18.9 Å². The maximum absolute atomic E-state index is 13.0. The Bertz CT molecular complexity index is 1250. The van der Waals surface area contributed by atoms with Gasteiger partial charge in [0, 0.05) is 45.3 Å². The fraction of sp³-hybridized carbons (Fsp3) is 0.364. The number of imidazole rings is 1. The number of piperidine rings is 1. The fourth-order valence-corrected chi connectivity index (χ4v) is 4.59. The van der Waals surface area contributed by atoms with Gasteiger partial charge in [0.25, 0.3) is 0 Å². The lowest BCUT2D eigenvalue weighted by atomic mass is 10.1. The predicted octanol–water partition coefficient (Wildman–Crippen LogP) is 0.622. The second kappa shape index (κ2) is 7.70. The van der Waals surface area contributed by atoms with Crippen LogP contribution in [-0.4, -0.2) is 52.1 Å². The number of aromatic nitrogens is 3. The molecule has 1 aromatic carbocycles. The van der Waals surface area contributed by atoms with E-state index in [0.29, 0.717) is 17.8 Å². The zero-order chi connectivity index (χ0) is 22.4. The zero-order valence-corrected chi connectivity index (χ0v) is 17.8. The highest BCUT2D eigenvalue weighted by Gasteiger charge is 2.31. The molecule has 0 bridgehead atoms. The van der Waals surface area contributed by atoms with E-state index in [2.05, 4.69) is 20.1 Å². The van der Waals surface area contributed by atoms with Crippen molar-refractivity contribution in [3.63, 3.8) is 0 Å². The van der Waals surface area contributed by atoms with Crippen molar-refractivity contribution >= 4 is 40.0 Å². The van der Waals surface area contributed by atoms with Crippen LogP contribution in [0.2, 0.25) is 0 Å². The number of carbonyl (C=O) groups is 2. The van der Waals surface area contributed by atoms with Crippen LogP contribution in [0.3, 0.4) is 0 Å². The molecule has 10 heteroatoms. The molecule has 10 nitrogen and oxygen atoms in total. The standard InChI is InChI=1S/C22H25N7O3/c1-26-18-12-14(27-8-10-28(11-9-27)15-3-6-19(23)24-13-15)2-4-16(18)29(22(26)32)17-5-7-20(30)25-21(17)31/h2-4,6,12-13,17H,5,7-11H2,1H3,(H2,23,24)(H,25,30,31). The number of hydrogen-bond acceptors (Lipinski definition) is 7. The molecule has 2 aromatic heterocycles. The molecule has 2 aliphatic heterocycles. The van der Waals surface area contributed by atoms with Crippen LogP contribution < -0.4 is 26.5 Å². The molecule has 5 rings (SSSR count). The Hall–Kier alpha value is -3.82. The average molecular weight is 435 g/mol. The number of carbonyl (C=O) groups excluding carboxylic acids is 2. The summed E-state index contributed by atoms with van der Waals surface area (Å²) in [4.78, 5) is 45.6. The van der Waals surface area contributed by atoms with Crippen molar-refractivity contribution in [3.05, 3.63) is 47.0 Å². The van der Waals surface area contributed by atoms with E-state index in [1.807, 2.05) is 30.3 Å². The van der Waals surface area contributed by atoms with Gasteiger partial charge < -0.3 is 15.5 Å². The minimum Gasteiger partial charge on any atom is -0.384 e. The van der Waals surface area contributed by atoms with E-state index in [9.17, 15) is 14.4 Å². The molecule has 0 radical (unpaired) electrons. The van der Waals surface area contributed by atoms with Crippen LogP contribution in [0.4, 0.5) is 17.2 Å². The number of piperazine rings is 1. The van der Waals surface area contributed by atoms with Gasteiger partial charge in [-0.15, -0.1) is 0 Å². The first-order valence-electron chi connectivity index (χ1n) is 10.7. The molecule has 3 aromatic rings. The van der Waals surface area contributed by atoms with Crippen LogP contribution in [0.25, 0.3) is 11.0 Å². The van der Waals surface area contributed by atoms with Gasteiger partial charge in [0.05, 0.1) is 22.9 Å². The number of pyridine rings is 1. The molecular formula is C22H25N7O3. The number of fused-ring (bicyclic) bond motifs is 1. The number of hydrogen-bond donors (Lipinski definition) is 2. The second-order valence-electron chi connectivity index (χ2n) is 8.27. The number of rotatable bonds is 3. The van der Waals surface area contributed by atoms with Gasteiger partial charge in [0.1, 0.15) is 11.9 Å². The molecule has 166 valence electrons. The van der Waals surface area contributed by atoms with Gasteiger partial charge in [-0.05, 0) is 36.8 Å². The van der Waals surface area contributed by atoms with Gasteiger partial charge in [-0.1, -0.05) is 0 Å². The topological polar surface area (TPSA) is 118 Å². The number of imide groups is 1. The van der Waals surface area contributed by atoms with Gasteiger partial charge >= 0.3 is 5.69 Å². The summed E-state index contributed by atoms with van der Waals surface area (Å²) in [5, 5.41) is 2.34. The number of aryl methyl sites for hydroxylation is 1. The Morgan fingerprint density at radius 3 is 2.31 bits per heavy atom. The number of nitrogen functional groups attached to an aromatic ring is 1. The van der Waals surface area contributed by atoms with E-state index in [1.165, 1.54) is 4.57 Å². The summed E-state index contributed by atoms with van der Waals surface area (Å²) in [5.41, 5.74) is 8.98. The maximum Gasteiger partial charge on any atom is 0.329 e. The first kappa shape index (κ1) is 20.1. The van der Waals surface area contributed by atoms with Crippen molar-refractivity contribution in [2.24, 2.45) is 7.05 Å². The van der Waals surface area contributed by atoms with Crippen molar-refractivity contribution in [1.82, 2.24) is 19.4 Å². The normalized spacial score (nSPS) is 19.5. The summed E-state index contributed by atoms with van der Waals surface area (Å²) < 4.78 is 3.08. The molecule has 0 aliphatic carbocycles. The Kier molecular flexibility index (Phi) is 4.84. The van der Waals surface area contributed by atoms with Gasteiger partial charge in [0.15, 0.2) is 0 Å². The third kappa shape index (κ3) is 3.37. The zero-order valence-electron chi connectivity index (χ0n) is 17.8. The van der Waals surface area contributed by atoms with E-state index in [0.717, 1.165) is 43.1 Å². The van der Waals surface area contributed by atoms with Gasteiger partial charge in [-0.2, -0.15) is 0 Å². The summed E-state index contributed by atoms with van der Waals surface area (Å²) in [6.45, 7) is 3.36. The van der Waals surface area contributed by atoms with Crippen LogP contribution in [-0.2, 0) is 16.6 Å². The first-order chi connectivity index (χ1) is 15.4. The molecular weight excluding hydrogens is 410 g/mol. The summed E-state index contributed by atoms with van der Waals surface area (Å²) in [7, 11) is 1.71. The lowest BCUT2D eigenvalue weighted by molar-refractivity contribution is -0.135. The quantitative estimate of drug-likeness (QED) is 0.579. The Balaban J connectivity index is 1.39. The lowest BCUT2D eigenvalue weighted by Gasteiger charge is -2.37. The lowest BCUT2D eigenvalue weighted by Crippen LogP contribution is -2.46. The third-order valence-corrected chi connectivity index (χ3v) is 6.38. The van der Waals surface area contributed by atoms with Crippen molar-refractivity contribution in [3.8, 4) is 0 Å². The number of nitrogens with one attached hydrogen (secondary N) is 1. The molecule has 2 aliphatic rings. The molecule has 2 amide bonds. The highest BCUT2D eigenvalue weighted by molar-refractivity contribution is 6.00. The van der Waals surface area contributed by atoms with Crippen LogP contribution >= 0.6 is 0 Å². The predicted molar refractivity (Wildman–Crippen MR) is 122 cm³/mol. The number of nitrogens with zero attached hydrogens (tertiary/aromatic N) is 5. The molecule has 0 spiro atoms. The molecule has 32 heavy (non-hydrogen) atoms. The third-order valence-electron chi connectivity index (χ3n) is 6.38. The summed E-state index contributed by atoms with van der Waals surface area (Å²) >= 11 is 0. The minimum atomic E-state index is -0.674. The largest absolute Gasteiger partial charge is 0.384 e. The summed E-state index contributed by atoms with van der Waals surface area (Å²) in [5.74, 6) is -0.209. The van der Waals surface area contributed by atoms with Gasteiger partial charge in [-0.25, -0.2) is 9.78 Å². The molecule has 0 saturated carbocycles. The van der Waals surface area contributed by atoms with Crippen molar-refractivity contribution in [2.75, 3.05) is 41.7 Å². The average Bonchev–Trinajstić information content (AvgIpc) is 3.04. The smallest absolute Gasteiger partial charge is 0.329 e. The number of benzene rings is 1. The molecule has 2 fully saturated rings. The second-order valence-corrected chi connectivity index (χ2v) is 8.27. The number of anilines is 3. The highest BCUT2D eigenvalue weighted by atomic mass is 16.2. The van der Waals surface area contributed by atoms with E-state index >= 15 is 0 Å². The van der Waals surface area contributed by atoms with Crippen LogP contribution in [0, 0.1) is 0 Å².